The third-order valence-electron chi connectivity index (χ3n) is 2.76. The molecule has 0 aromatic heterocycles. The second-order valence-electron chi connectivity index (χ2n) is 4.03. The lowest BCUT2D eigenvalue weighted by molar-refractivity contribution is 0.408. The fourth-order valence-electron chi connectivity index (χ4n) is 1.85. The van der Waals surface area contributed by atoms with E-state index in [-0.39, 0.29) is 11.3 Å². The number of ether oxygens (including phenoxy) is 1. The van der Waals surface area contributed by atoms with Crippen molar-refractivity contribution >= 4 is 11.6 Å². The van der Waals surface area contributed by atoms with Crippen molar-refractivity contribution in [2.75, 3.05) is 7.11 Å². The summed E-state index contributed by atoms with van der Waals surface area (Å²) < 4.78 is 58.5. The molecular formula is C14H9ClF4O. The van der Waals surface area contributed by atoms with Crippen molar-refractivity contribution in [3.05, 3.63) is 64.7 Å². The minimum absolute atomic E-state index is 0.0542. The molecule has 0 aliphatic heterocycles. The second kappa shape index (κ2) is 5.71. The Hall–Kier alpha value is -1.75. The van der Waals surface area contributed by atoms with Gasteiger partial charge in [0.1, 0.15) is 29.0 Å². The van der Waals surface area contributed by atoms with E-state index in [1.165, 1.54) is 13.2 Å². The zero-order chi connectivity index (χ0) is 14.9. The van der Waals surface area contributed by atoms with Crippen molar-refractivity contribution in [3.8, 4) is 5.75 Å². The first kappa shape index (κ1) is 14.7. The highest BCUT2D eigenvalue weighted by molar-refractivity contribution is 6.22. The van der Waals surface area contributed by atoms with Gasteiger partial charge in [-0.15, -0.1) is 11.6 Å². The summed E-state index contributed by atoms with van der Waals surface area (Å²) in [5.74, 6) is -3.80. The molecule has 2 rings (SSSR count). The summed E-state index contributed by atoms with van der Waals surface area (Å²) in [5.41, 5.74) is -0.504. The van der Waals surface area contributed by atoms with E-state index in [9.17, 15) is 17.6 Å². The third kappa shape index (κ3) is 2.72. The van der Waals surface area contributed by atoms with Gasteiger partial charge in [-0.1, -0.05) is 0 Å². The van der Waals surface area contributed by atoms with Crippen LogP contribution in [0.4, 0.5) is 17.6 Å². The van der Waals surface area contributed by atoms with Gasteiger partial charge in [0.2, 0.25) is 0 Å². The molecule has 0 N–H and O–H groups in total. The minimum Gasteiger partial charge on any atom is -0.496 e. The lowest BCUT2D eigenvalue weighted by atomic mass is 10.0. The molecule has 106 valence electrons. The van der Waals surface area contributed by atoms with E-state index in [1.54, 1.807) is 0 Å². The molecule has 1 atom stereocenters. The van der Waals surface area contributed by atoms with Gasteiger partial charge < -0.3 is 4.74 Å². The predicted octanol–water partition coefficient (Wildman–Crippen LogP) is 4.58. The van der Waals surface area contributed by atoms with Crippen LogP contribution in [0.15, 0.2) is 30.3 Å². The maximum Gasteiger partial charge on any atom is 0.134 e. The highest BCUT2D eigenvalue weighted by Crippen LogP contribution is 2.38. The zero-order valence-electron chi connectivity index (χ0n) is 10.3. The topological polar surface area (TPSA) is 9.23 Å². The van der Waals surface area contributed by atoms with Gasteiger partial charge >= 0.3 is 0 Å². The molecule has 0 bridgehead atoms. The number of hydrogen-bond acceptors (Lipinski definition) is 1. The van der Waals surface area contributed by atoms with Crippen molar-refractivity contribution in [3.63, 3.8) is 0 Å². The predicted molar refractivity (Wildman–Crippen MR) is 67.0 cm³/mol. The van der Waals surface area contributed by atoms with Crippen LogP contribution in [-0.2, 0) is 0 Å². The Morgan fingerprint density at radius 3 is 2.10 bits per heavy atom. The van der Waals surface area contributed by atoms with Crippen LogP contribution >= 0.6 is 11.6 Å². The van der Waals surface area contributed by atoms with E-state index in [4.69, 9.17) is 16.3 Å². The molecule has 1 unspecified atom stereocenters. The first-order chi connectivity index (χ1) is 9.43. The molecule has 20 heavy (non-hydrogen) atoms. The number of alkyl halides is 1. The Balaban J connectivity index is 2.57. The zero-order valence-corrected chi connectivity index (χ0v) is 11.0. The van der Waals surface area contributed by atoms with Crippen LogP contribution in [0.3, 0.4) is 0 Å². The third-order valence-corrected chi connectivity index (χ3v) is 3.22. The monoisotopic (exact) mass is 304 g/mol. The smallest absolute Gasteiger partial charge is 0.134 e. The van der Waals surface area contributed by atoms with Gasteiger partial charge in [0, 0.05) is 23.3 Å². The highest BCUT2D eigenvalue weighted by atomic mass is 35.5. The van der Waals surface area contributed by atoms with Gasteiger partial charge in [0.05, 0.1) is 12.5 Å². The van der Waals surface area contributed by atoms with Crippen LogP contribution in [0.2, 0.25) is 0 Å². The van der Waals surface area contributed by atoms with Gasteiger partial charge in [-0.25, -0.2) is 17.6 Å². The van der Waals surface area contributed by atoms with E-state index in [0.717, 1.165) is 12.1 Å². The van der Waals surface area contributed by atoms with Crippen LogP contribution in [0.25, 0.3) is 0 Å². The van der Waals surface area contributed by atoms with Gasteiger partial charge in [0.15, 0.2) is 0 Å². The second-order valence-corrected chi connectivity index (χ2v) is 4.47. The molecule has 0 saturated carbocycles. The highest BCUT2D eigenvalue weighted by Gasteiger charge is 2.24. The first-order valence-corrected chi connectivity index (χ1v) is 5.99. The molecule has 0 spiro atoms. The van der Waals surface area contributed by atoms with Crippen LogP contribution in [0.1, 0.15) is 16.5 Å². The molecule has 2 aromatic rings. The Labute approximate surface area is 117 Å². The summed E-state index contributed by atoms with van der Waals surface area (Å²) in [6.45, 7) is 0. The van der Waals surface area contributed by atoms with E-state index in [1.807, 2.05) is 0 Å². The molecule has 0 aliphatic carbocycles. The van der Waals surface area contributed by atoms with E-state index in [2.05, 4.69) is 0 Å². The Bertz CT molecular complexity index is 622. The quantitative estimate of drug-likeness (QED) is 0.596. The normalized spacial score (nSPS) is 12.3. The van der Waals surface area contributed by atoms with Crippen LogP contribution in [0, 0.1) is 23.3 Å². The van der Waals surface area contributed by atoms with Crippen molar-refractivity contribution in [2.45, 2.75) is 5.38 Å². The van der Waals surface area contributed by atoms with Crippen molar-refractivity contribution < 1.29 is 22.3 Å². The molecule has 0 fully saturated rings. The van der Waals surface area contributed by atoms with Gasteiger partial charge in [-0.05, 0) is 18.2 Å². The summed E-state index contributed by atoms with van der Waals surface area (Å²) in [7, 11) is 1.32. The number of methoxy groups -OCH3 is 1. The van der Waals surface area contributed by atoms with Crippen LogP contribution in [0.5, 0.6) is 5.75 Å². The molecule has 0 amide bonds. The van der Waals surface area contributed by atoms with Crippen LogP contribution in [-0.4, -0.2) is 7.11 Å². The standard InChI is InChI=1S/C14H9ClF4O/c1-20-12-3-2-7(16)4-9(12)14(15)13-10(18)5-8(17)6-11(13)19/h2-6,14H,1H3. The Morgan fingerprint density at radius 1 is 0.950 bits per heavy atom. The summed E-state index contributed by atoms with van der Waals surface area (Å²) in [4.78, 5) is 0. The molecule has 0 radical (unpaired) electrons. The first-order valence-electron chi connectivity index (χ1n) is 5.56. The molecular weight excluding hydrogens is 296 g/mol. The van der Waals surface area contributed by atoms with Gasteiger partial charge in [-0.3, -0.25) is 0 Å². The van der Waals surface area contributed by atoms with E-state index < -0.39 is 34.2 Å². The molecule has 6 heteroatoms. The van der Waals surface area contributed by atoms with E-state index >= 15 is 0 Å². The lowest BCUT2D eigenvalue weighted by Crippen LogP contribution is -2.04. The number of rotatable bonds is 3. The maximum absolute atomic E-state index is 13.7. The Kier molecular flexibility index (Phi) is 4.18. The number of halogens is 5. The summed E-state index contributed by atoms with van der Waals surface area (Å²) in [6, 6.07) is 4.46. The fraction of sp³-hybridized carbons (Fsp3) is 0.143. The SMILES string of the molecule is COc1ccc(F)cc1C(Cl)c1c(F)cc(F)cc1F. The van der Waals surface area contributed by atoms with E-state index in [0.29, 0.717) is 12.1 Å². The summed E-state index contributed by atoms with van der Waals surface area (Å²) >= 11 is 6.00. The molecule has 1 nitrogen and oxygen atoms in total. The van der Waals surface area contributed by atoms with Gasteiger partial charge in [0.25, 0.3) is 0 Å². The van der Waals surface area contributed by atoms with Crippen LogP contribution < -0.4 is 4.74 Å². The Morgan fingerprint density at radius 2 is 1.55 bits per heavy atom. The molecule has 2 aromatic carbocycles. The number of hydrogen-bond donors (Lipinski definition) is 0. The maximum atomic E-state index is 13.7. The summed E-state index contributed by atoms with van der Waals surface area (Å²) in [5, 5.41) is -1.35. The molecule has 0 aliphatic rings. The van der Waals surface area contributed by atoms with Gasteiger partial charge in [-0.2, -0.15) is 0 Å². The largest absolute Gasteiger partial charge is 0.496 e. The summed E-state index contributed by atoms with van der Waals surface area (Å²) in [6.07, 6.45) is 0. The van der Waals surface area contributed by atoms with Crippen molar-refractivity contribution in [2.24, 2.45) is 0 Å². The fourth-order valence-corrected chi connectivity index (χ4v) is 2.23. The average Bonchev–Trinajstić information content (AvgIpc) is 2.37. The lowest BCUT2D eigenvalue weighted by Gasteiger charge is -2.16. The minimum atomic E-state index is -1.35. The van der Waals surface area contributed by atoms with Crippen molar-refractivity contribution in [1.82, 2.24) is 0 Å². The molecule has 0 heterocycles. The number of benzene rings is 2. The molecule has 0 saturated heterocycles. The van der Waals surface area contributed by atoms with Crippen molar-refractivity contribution in [1.29, 1.82) is 0 Å². The average molecular weight is 305 g/mol.